The lowest BCUT2D eigenvalue weighted by molar-refractivity contribution is 0.204. The Morgan fingerprint density at radius 3 is 2.93 bits per heavy atom. The maximum absolute atomic E-state index is 11.7. The molecule has 1 radical (unpaired) electrons. The molecule has 0 heterocycles. The number of hydrogen-bond donors (Lipinski definition) is 1. The van der Waals surface area contributed by atoms with Crippen LogP contribution in [-0.4, -0.2) is 28.7 Å². The second kappa shape index (κ2) is 5.46. The van der Waals surface area contributed by atoms with Crippen molar-refractivity contribution in [1.29, 1.82) is 0 Å². The molecule has 0 aliphatic carbocycles. The number of methoxy groups -OCH3 is 1. The summed E-state index contributed by atoms with van der Waals surface area (Å²) in [5, 5.41) is 0.155. The summed E-state index contributed by atoms with van der Waals surface area (Å²) in [4.78, 5) is 0.0546. The fourth-order valence-electron chi connectivity index (χ4n) is 0.970. The summed E-state index contributed by atoms with van der Waals surface area (Å²) in [7, 11) is -2.05. The number of rotatable bonds is 5. The molecule has 0 unspecified atom stereocenters. The van der Waals surface area contributed by atoms with Crippen LogP contribution in [0.25, 0.3) is 0 Å². The van der Waals surface area contributed by atoms with Crippen LogP contribution < -0.4 is 4.72 Å². The van der Waals surface area contributed by atoms with Crippen LogP contribution in [0, 0.1) is 6.07 Å². The lowest BCUT2D eigenvalue weighted by Gasteiger charge is -2.07. The fraction of sp³-hybridized carbons (Fsp3) is 0.333. The van der Waals surface area contributed by atoms with E-state index in [2.05, 4.69) is 10.8 Å². The predicted molar refractivity (Wildman–Crippen MR) is 57.4 cm³/mol. The van der Waals surface area contributed by atoms with Gasteiger partial charge in [0.15, 0.2) is 0 Å². The highest BCUT2D eigenvalue weighted by Crippen LogP contribution is 2.19. The first-order valence-electron chi connectivity index (χ1n) is 4.22. The summed E-state index contributed by atoms with van der Waals surface area (Å²) in [6.07, 6.45) is 0. The van der Waals surface area contributed by atoms with Crippen LogP contribution in [0.2, 0.25) is 5.02 Å². The average Bonchev–Trinajstić information content (AvgIpc) is 2.18. The molecular formula is C9H11ClNO3S. The Kier molecular flexibility index (Phi) is 4.53. The van der Waals surface area contributed by atoms with Crippen molar-refractivity contribution in [3.63, 3.8) is 0 Å². The van der Waals surface area contributed by atoms with Gasteiger partial charge in [-0.05, 0) is 18.2 Å². The summed E-state index contributed by atoms with van der Waals surface area (Å²) in [5.74, 6) is 0. The quantitative estimate of drug-likeness (QED) is 0.793. The summed E-state index contributed by atoms with van der Waals surface area (Å²) in [6, 6.07) is 7.00. The van der Waals surface area contributed by atoms with Crippen molar-refractivity contribution in [2.24, 2.45) is 0 Å². The number of halogens is 1. The van der Waals surface area contributed by atoms with Crippen LogP contribution >= 0.6 is 11.6 Å². The molecule has 0 spiro atoms. The third-order valence-corrected chi connectivity index (χ3v) is 3.61. The highest BCUT2D eigenvalue weighted by molar-refractivity contribution is 7.89. The standard InChI is InChI=1S/C9H11ClNO3S/c1-14-7-6-11-15(12,13)9-5-3-2-4-8(9)10/h3-5,11H,6-7H2,1H3. The van der Waals surface area contributed by atoms with Crippen molar-refractivity contribution >= 4 is 21.6 Å². The van der Waals surface area contributed by atoms with Crippen molar-refractivity contribution < 1.29 is 13.2 Å². The monoisotopic (exact) mass is 248 g/mol. The van der Waals surface area contributed by atoms with E-state index in [-0.39, 0.29) is 16.5 Å². The van der Waals surface area contributed by atoms with E-state index in [9.17, 15) is 8.42 Å². The van der Waals surface area contributed by atoms with E-state index in [0.29, 0.717) is 6.61 Å². The van der Waals surface area contributed by atoms with Gasteiger partial charge in [0, 0.05) is 13.7 Å². The van der Waals surface area contributed by atoms with Crippen LogP contribution in [0.15, 0.2) is 23.1 Å². The minimum atomic E-state index is -3.55. The molecule has 0 aliphatic rings. The van der Waals surface area contributed by atoms with Crippen molar-refractivity contribution in [2.45, 2.75) is 4.90 Å². The Balaban J connectivity index is 2.83. The zero-order valence-corrected chi connectivity index (χ0v) is 9.73. The Labute approximate surface area is 94.3 Å². The van der Waals surface area contributed by atoms with Crippen molar-refractivity contribution in [3.8, 4) is 0 Å². The van der Waals surface area contributed by atoms with Crippen LogP contribution in [0.4, 0.5) is 0 Å². The molecule has 6 heteroatoms. The van der Waals surface area contributed by atoms with Gasteiger partial charge in [-0.2, -0.15) is 0 Å². The Morgan fingerprint density at radius 1 is 1.60 bits per heavy atom. The minimum absolute atomic E-state index is 0.0546. The number of sulfonamides is 1. The molecule has 0 amide bonds. The van der Waals surface area contributed by atoms with E-state index >= 15 is 0 Å². The first kappa shape index (κ1) is 12.4. The summed E-state index contributed by atoms with van der Waals surface area (Å²) in [5.41, 5.74) is 0. The van der Waals surface area contributed by atoms with Crippen molar-refractivity contribution in [3.05, 3.63) is 29.3 Å². The average molecular weight is 249 g/mol. The summed E-state index contributed by atoms with van der Waals surface area (Å²) < 4.78 is 30.4. The first-order valence-corrected chi connectivity index (χ1v) is 6.08. The van der Waals surface area contributed by atoms with E-state index < -0.39 is 10.0 Å². The molecule has 83 valence electrons. The molecule has 0 saturated heterocycles. The van der Waals surface area contributed by atoms with Gasteiger partial charge in [0.05, 0.1) is 11.6 Å². The highest BCUT2D eigenvalue weighted by Gasteiger charge is 2.16. The van der Waals surface area contributed by atoms with Crippen LogP contribution in [0.5, 0.6) is 0 Å². The topological polar surface area (TPSA) is 55.4 Å². The number of ether oxygens (including phenoxy) is 1. The molecule has 0 saturated carbocycles. The molecule has 0 atom stereocenters. The van der Waals surface area contributed by atoms with Gasteiger partial charge in [-0.1, -0.05) is 17.7 Å². The normalized spacial score (nSPS) is 11.6. The molecule has 1 rings (SSSR count). The molecule has 1 aromatic rings. The Morgan fingerprint density at radius 2 is 2.33 bits per heavy atom. The largest absolute Gasteiger partial charge is 0.383 e. The molecule has 15 heavy (non-hydrogen) atoms. The molecule has 0 fully saturated rings. The van der Waals surface area contributed by atoms with Gasteiger partial charge in [0.2, 0.25) is 10.0 Å². The SMILES string of the molecule is COCCNS(=O)(=O)c1cc[c]cc1Cl. The third kappa shape index (κ3) is 3.46. The number of hydrogen-bond acceptors (Lipinski definition) is 3. The van der Waals surface area contributed by atoms with E-state index in [0.717, 1.165) is 0 Å². The molecule has 1 N–H and O–H groups in total. The van der Waals surface area contributed by atoms with Crippen molar-refractivity contribution in [2.75, 3.05) is 20.3 Å². The molecule has 0 aliphatic heterocycles. The second-order valence-corrected chi connectivity index (χ2v) is 4.89. The second-order valence-electron chi connectivity index (χ2n) is 2.75. The van der Waals surface area contributed by atoms with Gasteiger partial charge in [0.25, 0.3) is 0 Å². The molecular weight excluding hydrogens is 238 g/mol. The lowest BCUT2D eigenvalue weighted by Crippen LogP contribution is -2.27. The van der Waals surface area contributed by atoms with Crippen LogP contribution in [0.1, 0.15) is 0 Å². The molecule has 0 bridgehead atoms. The number of nitrogens with one attached hydrogen (secondary N) is 1. The first-order chi connectivity index (χ1) is 7.08. The van der Waals surface area contributed by atoms with Gasteiger partial charge in [-0.15, -0.1) is 0 Å². The van der Waals surface area contributed by atoms with Gasteiger partial charge >= 0.3 is 0 Å². The maximum Gasteiger partial charge on any atom is 0.242 e. The highest BCUT2D eigenvalue weighted by atomic mass is 35.5. The number of benzene rings is 1. The van der Waals surface area contributed by atoms with Gasteiger partial charge in [-0.3, -0.25) is 0 Å². The third-order valence-electron chi connectivity index (χ3n) is 1.66. The maximum atomic E-state index is 11.7. The zero-order chi connectivity index (χ0) is 11.3. The Bertz CT molecular complexity index is 419. The van der Waals surface area contributed by atoms with E-state index in [1.807, 2.05) is 0 Å². The molecule has 0 aromatic heterocycles. The molecule has 1 aromatic carbocycles. The Hall–Kier alpha value is -0.620. The van der Waals surface area contributed by atoms with Gasteiger partial charge in [0.1, 0.15) is 4.90 Å². The predicted octanol–water partition coefficient (Wildman–Crippen LogP) is 1.06. The fourth-order valence-corrected chi connectivity index (χ4v) is 2.47. The van der Waals surface area contributed by atoms with E-state index in [1.165, 1.54) is 25.3 Å². The van der Waals surface area contributed by atoms with Crippen LogP contribution in [0.3, 0.4) is 0 Å². The molecule has 4 nitrogen and oxygen atoms in total. The zero-order valence-electron chi connectivity index (χ0n) is 8.16. The lowest BCUT2D eigenvalue weighted by atomic mass is 10.4. The van der Waals surface area contributed by atoms with E-state index in [4.69, 9.17) is 16.3 Å². The van der Waals surface area contributed by atoms with E-state index in [1.54, 1.807) is 0 Å². The minimum Gasteiger partial charge on any atom is -0.383 e. The summed E-state index contributed by atoms with van der Waals surface area (Å²) >= 11 is 5.74. The summed E-state index contributed by atoms with van der Waals surface area (Å²) in [6.45, 7) is 0.531. The smallest absolute Gasteiger partial charge is 0.242 e. The van der Waals surface area contributed by atoms with Crippen molar-refractivity contribution in [1.82, 2.24) is 4.72 Å². The van der Waals surface area contributed by atoms with Gasteiger partial charge < -0.3 is 4.74 Å². The van der Waals surface area contributed by atoms with Crippen LogP contribution in [-0.2, 0) is 14.8 Å². The van der Waals surface area contributed by atoms with Gasteiger partial charge in [-0.25, -0.2) is 13.1 Å².